The fraction of sp³-hybridized carbons (Fsp3) is 0.111. The van der Waals surface area contributed by atoms with Crippen molar-refractivity contribution in [3.63, 3.8) is 0 Å². The third kappa shape index (κ3) is 11.2. The second-order valence-electron chi connectivity index (χ2n) is 12.0. The molecule has 0 aromatic heterocycles. The lowest BCUT2D eigenvalue weighted by molar-refractivity contribution is 0.251. The molecule has 0 N–H and O–H groups in total. The highest BCUT2D eigenvalue weighted by Gasteiger charge is 2.54. The summed E-state index contributed by atoms with van der Waals surface area (Å²) in [6, 6.07) is 32.8. The summed E-state index contributed by atoms with van der Waals surface area (Å²) >= 11 is 14.2. The van der Waals surface area contributed by atoms with Gasteiger partial charge in [0.05, 0.1) is 0 Å². The minimum atomic E-state index is -3.08. The van der Waals surface area contributed by atoms with Crippen LogP contribution in [0.1, 0.15) is 22.3 Å². The van der Waals surface area contributed by atoms with Gasteiger partial charge in [-0.2, -0.15) is 0 Å². The van der Waals surface area contributed by atoms with Gasteiger partial charge in [-0.15, -0.1) is 0 Å². The van der Waals surface area contributed by atoms with Crippen LogP contribution in [0.25, 0.3) is 24.3 Å². The Hall–Kier alpha value is -1.53. The average Bonchev–Trinajstić information content (AvgIpc) is 3.03. The van der Waals surface area contributed by atoms with Crippen LogP contribution in [0.5, 0.6) is 0 Å². The molecule has 1 fully saturated rings. The van der Waals surface area contributed by atoms with E-state index in [0.717, 1.165) is 40.1 Å². The van der Waals surface area contributed by atoms with Crippen molar-refractivity contribution in [1.29, 1.82) is 0 Å². The molecule has 0 bridgehead atoms. The lowest BCUT2D eigenvalue weighted by Gasteiger charge is -2.47. The zero-order valence-electron chi connectivity index (χ0n) is 27.0. The first-order valence-corrected chi connectivity index (χ1v) is 28.1. The van der Waals surface area contributed by atoms with Gasteiger partial charge in [0.15, 0.2) is 0 Å². The normalized spacial score (nSPS) is 26.8. The molecule has 1 saturated heterocycles. The van der Waals surface area contributed by atoms with E-state index in [9.17, 15) is 0 Å². The molecule has 48 heavy (non-hydrogen) atoms. The van der Waals surface area contributed by atoms with E-state index in [1.807, 2.05) is 48.5 Å². The first-order chi connectivity index (χ1) is 22.7. The van der Waals surface area contributed by atoms with Crippen LogP contribution < -0.4 is 0 Å². The lowest BCUT2D eigenvalue weighted by atomic mass is 10.2. The fourth-order valence-corrected chi connectivity index (χ4v) is 25.5. The Kier molecular flexibility index (Phi) is 12.7. The maximum Gasteiger partial charge on any atom is 0.344 e. The third-order valence-electron chi connectivity index (χ3n) is 7.42. The molecule has 0 aliphatic carbocycles. The average molecular weight is 965 g/mol. The van der Waals surface area contributed by atoms with Crippen molar-refractivity contribution in [1.82, 2.24) is 0 Å². The Bertz CT molecular complexity index is 1530. The minimum absolute atomic E-state index is 1.03. The van der Waals surface area contributed by atoms with Crippen molar-refractivity contribution < 1.29 is 16.5 Å². The van der Waals surface area contributed by atoms with Gasteiger partial charge in [-0.1, -0.05) is 137 Å². The molecule has 1 aliphatic rings. The highest BCUT2D eigenvalue weighted by atomic mass is 79.9. The van der Waals surface area contributed by atoms with Gasteiger partial charge in [-0.05, 0) is 120 Å². The maximum atomic E-state index is 7.23. The smallest absolute Gasteiger partial charge is 0.344 e. The fourth-order valence-electron chi connectivity index (χ4n) is 5.25. The van der Waals surface area contributed by atoms with Crippen LogP contribution in [0.2, 0.25) is 26.2 Å². The monoisotopic (exact) mass is 960 g/mol. The predicted octanol–water partition coefficient (Wildman–Crippen LogP) is 12.4. The van der Waals surface area contributed by atoms with Crippen molar-refractivity contribution in [2.24, 2.45) is 0 Å². The third-order valence-corrected chi connectivity index (χ3v) is 25.6. The van der Waals surface area contributed by atoms with Gasteiger partial charge >= 0.3 is 34.2 Å². The minimum Gasteiger partial charge on any atom is -0.410 e. The van der Waals surface area contributed by atoms with Crippen molar-refractivity contribution in [3.8, 4) is 0 Å². The molecule has 4 aromatic rings. The van der Waals surface area contributed by atoms with Crippen molar-refractivity contribution in [3.05, 3.63) is 160 Å². The maximum absolute atomic E-state index is 7.23. The van der Waals surface area contributed by atoms with E-state index in [2.05, 4.69) is 186 Å². The van der Waals surface area contributed by atoms with Crippen molar-refractivity contribution in [2.45, 2.75) is 26.2 Å². The van der Waals surface area contributed by atoms with Crippen LogP contribution in [-0.4, -0.2) is 34.2 Å². The Balaban J connectivity index is 1.59. The summed E-state index contributed by atoms with van der Waals surface area (Å²) in [7, 11) is -12.3. The summed E-state index contributed by atoms with van der Waals surface area (Å²) in [5.74, 6) is 0. The van der Waals surface area contributed by atoms with E-state index in [1.165, 1.54) is 0 Å². The van der Waals surface area contributed by atoms with E-state index in [1.54, 1.807) is 0 Å². The van der Waals surface area contributed by atoms with E-state index in [4.69, 9.17) is 16.5 Å². The molecular formula is C36H36Br4O4Si4. The molecular weight excluding hydrogens is 928 g/mol. The van der Waals surface area contributed by atoms with Crippen LogP contribution in [0.4, 0.5) is 0 Å². The largest absolute Gasteiger partial charge is 0.410 e. The zero-order chi connectivity index (χ0) is 34.4. The van der Waals surface area contributed by atoms with E-state index >= 15 is 0 Å². The topological polar surface area (TPSA) is 36.9 Å². The summed E-state index contributed by atoms with van der Waals surface area (Å²) in [4.78, 5) is 0. The summed E-state index contributed by atoms with van der Waals surface area (Å²) in [6.45, 7) is 8.37. The van der Waals surface area contributed by atoms with Gasteiger partial charge in [0.1, 0.15) is 0 Å². The molecule has 0 spiro atoms. The standard InChI is InChI=1S/C36H36Br4O4Si4/c1-45(25-21-29-5-13-33(37)14-6-29)41-46(2,26-22-30-7-15-34(38)16-8-30)43-48(4,28-24-32-11-19-36(40)20-12-32)44-47(3,42-45)27-23-31-9-17-35(39)18-10-31/h5-28H,1-4H3/b25-21+,26-22+,27-23+,28-24+. The van der Waals surface area contributed by atoms with Gasteiger partial charge in [-0.25, -0.2) is 0 Å². The summed E-state index contributed by atoms with van der Waals surface area (Å²) in [5, 5.41) is 0. The molecule has 0 unspecified atom stereocenters. The van der Waals surface area contributed by atoms with Gasteiger partial charge in [0.25, 0.3) is 0 Å². The molecule has 12 heteroatoms. The first kappa shape index (κ1) is 37.7. The SMILES string of the molecule is C[Si]1(/C=C/c2ccc(Br)cc2)O[Si](C)(/C=C/c2ccc(Br)cc2)O[Si](C)(/C=C/c2ccc(Br)cc2)O[Si](C)(/C=C/c2ccc(Br)cc2)O1. The molecule has 5 rings (SSSR count). The van der Waals surface area contributed by atoms with Gasteiger partial charge in [0, 0.05) is 17.9 Å². The number of rotatable bonds is 8. The second-order valence-corrected chi connectivity index (χ2v) is 28.4. The molecule has 4 nitrogen and oxygen atoms in total. The molecule has 1 aliphatic heterocycles. The van der Waals surface area contributed by atoms with E-state index in [-0.39, 0.29) is 0 Å². The summed E-state index contributed by atoms with van der Waals surface area (Å²) in [5.41, 5.74) is 12.7. The van der Waals surface area contributed by atoms with Crippen molar-refractivity contribution >= 4 is 122 Å². The molecule has 0 saturated carbocycles. The lowest BCUT2D eigenvalue weighted by Crippen LogP contribution is -2.66. The molecule has 1 heterocycles. The number of hydrogen-bond donors (Lipinski definition) is 0. The van der Waals surface area contributed by atoms with Gasteiger partial charge < -0.3 is 16.5 Å². The van der Waals surface area contributed by atoms with Crippen LogP contribution in [-0.2, 0) is 16.5 Å². The highest BCUT2D eigenvalue weighted by molar-refractivity contribution is 9.11. The zero-order valence-corrected chi connectivity index (χ0v) is 37.3. The van der Waals surface area contributed by atoms with E-state index in [0.29, 0.717) is 0 Å². The van der Waals surface area contributed by atoms with Gasteiger partial charge in [0.2, 0.25) is 0 Å². The molecule has 0 amide bonds. The quantitative estimate of drug-likeness (QED) is 0.165. The van der Waals surface area contributed by atoms with Crippen molar-refractivity contribution in [2.75, 3.05) is 0 Å². The number of benzene rings is 4. The van der Waals surface area contributed by atoms with Crippen LogP contribution in [0.3, 0.4) is 0 Å². The Morgan fingerprint density at radius 2 is 0.500 bits per heavy atom. The molecule has 248 valence electrons. The second kappa shape index (κ2) is 16.2. The van der Waals surface area contributed by atoms with Crippen LogP contribution in [0.15, 0.2) is 138 Å². The molecule has 0 radical (unpaired) electrons. The predicted molar refractivity (Wildman–Crippen MR) is 224 cm³/mol. The Labute approximate surface area is 322 Å². The highest BCUT2D eigenvalue weighted by Crippen LogP contribution is 2.35. The molecule has 4 aromatic carbocycles. The summed E-state index contributed by atoms with van der Waals surface area (Å²) in [6.07, 6.45) is 8.35. The number of halogens is 4. The van der Waals surface area contributed by atoms with Crippen LogP contribution >= 0.6 is 63.7 Å². The van der Waals surface area contributed by atoms with Gasteiger partial charge in [-0.3, -0.25) is 0 Å². The van der Waals surface area contributed by atoms with Crippen LogP contribution in [0, 0.1) is 0 Å². The van der Waals surface area contributed by atoms with E-state index < -0.39 is 34.2 Å². The number of hydrogen-bond acceptors (Lipinski definition) is 4. The first-order valence-electron chi connectivity index (χ1n) is 15.3. The molecule has 0 atom stereocenters. The summed E-state index contributed by atoms with van der Waals surface area (Å²) < 4.78 is 33.0. The Morgan fingerprint density at radius 1 is 0.333 bits per heavy atom. The Morgan fingerprint density at radius 3 is 0.667 bits per heavy atom.